The summed E-state index contributed by atoms with van der Waals surface area (Å²) in [7, 11) is 0. The summed E-state index contributed by atoms with van der Waals surface area (Å²) in [5, 5.41) is 33.6. The van der Waals surface area contributed by atoms with E-state index in [1.165, 1.54) is 12.5 Å². The lowest BCUT2D eigenvalue weighted by Crippen LogP contribution is -2.61. The summed E-state index contributed by atoms with van der Waals surface area (Å²) in [5.41, 5.74) is 17.0. The zero-order chi connectivity index (χ0) is 44.3. The Labute approximate surface area is 336 Å². The highest BCUT2D eigenvalue weighted by atomic mass is 16.4. The summed E-state index contributed by atoms with van der Waals surface area (Å²) in [6.45, 7) is 10.3. The fourth-order valence-electron chi connectivity index (χ4n) is 5.62. The molecule has 1 aromatic rings. The van der Waals surface area contributed by atoms with Crippen molar-refractivity contribution in [2.75, 3.05) is 6.54 Å². The lowest BCUT2D eigenvalue weighted by molar-refractivity contribution is -0.142. The lowest BCUT2D eigenvalue weighted by atomic mass is 9.97. The van der Waals surface area contributed by atoms with Gasteiger partial charge in [-0.25, -0.2) is 9.78 Å². The third-order valence-electron chi connectivity index (χ3n) is 8.78. The second-order valence-electron chi connectivity index (χ2n) is 15.1. The van der Waals surface area contributed by atoms with Gasteiger partial charge in [-0.1, -0.05) is 41.5 Å². The summed E-state index contributed by atoms with van der Waals surface area (Å²) in [5.74, 6) is -10.2. The van der Waals surface area contributed by atoms with Crippen LogP contribution in [0.5, 0.6) is 0 Å². The van der Waals surface area contributed by atoms with Crippen molar-refractivity contribution in [3.05, 3.63) is 18.2 Å². The van der Waals surface area contributed by atoms with Crippen molar-refractivity contribution in [1.82, 2.24) is 41.9 Å². The molecule has 1 rings (SSSR count). The van der Waals surface area contributed by atoms with Gasteiger partial charge in [-0.15, -0.1) is 0 Å². The molecule has 1 heterocycles. The van der Waals surface area contributed by atoms with Gasteiger partial charge in [-0.05, 0) is 50.0 Å². The van der Waals surface area contributed by atoms with E-state index in [1.54, 1.807) is 41.5 Å². The predicted octanol–water partition coefficient (Wildman–Crippen LogP) is -2.89. The molecule has 0 aromatic carbocycles. The fraction of sp³-hybridized carbons (Fsp3) is 0.667. The molecule has 58 heavy (non-hydrogen) atoms. The second-order valence-corrected chi connectivity index (χ2v) is 15.1. The third-order valence-corrected chi connectivity index (χ3v) is 8.78. The summed E-state index contributed by atoms with van der Waals surface area (Å²) in [6, 6.07) is -9.60. The van der Waals surface area contributed by atoms with E-state index in [0.29, 0.717) is 25.1 Å². The van der Waals surface area contributed by atoms with Gasteiger partial charge in [0.1, 0.15) is 36.3 Å². The first-order chi connectivity index (χ1) is 27.1. The SMILES string of the molecule is CC(C)CC(NC(=O)C(NC(=O)C(NC(=O)C(N)CC(=O)O)C(C)C)C(C)C)C(=O)NC(CC(N)=O)C(=O)NC(Cc1cnc[nH]1)C(=O)NC(CCCCN)C(=O)O. The van der Waals surface area contributed by atoms with Gasteiger partial charge in [0.2, 0.25) is 41.4 Å². The molecule has 0 saturated carbocycles. The van der Waals surface area contributed by atoms with Crippen LogP contribution in [0.1, 0.15) is 85.8 Å². The van der Waals surface area contributed by atoms with E-state index in [9.17, 15) is 48.3 Å². The van der Waals surface area contributed by atoms with E-state index >= 15 is 0 Å². The van der Waals surface area contributed by atoms with E-state index in [1.807, 2.05) is 0 Å². The molecule has 0 bridgehead atoms. The number of amides is 7. The van der Waals surface area contributed by atoms with Gasteiger partial charge in [0.05, 0.1) is 25.2 Å². The largest absolute Gasteiger partial charge is 0.481 e. The molecule has 0 radical (unpaired) electrons. The highest BCUT2D eigenvalue weighted by Crippen LogP contribution is 2.12. The van der Waals surface area contributed by atoms with Crippen LogP contribution in [0.4, 0.5) is 0 Å². The van der Waals surface area contributed by atoms with E-state index in [0.717, 1.165) is 0 Å². The third kappa shape index (κ3) is 18.1. The van der Waals surface area contributed by atoms with Crippen LogP contribution in [-0.2, 0) is 49.6 Å². The number of rotatable bonds is 27. The first-order valence-electron chi connectivity index (χ1n) is 19.1. The molecule has 326 valence electrons. The van der Waals surface area contributed by atoms with Gasteiger partial charge in [-0.2, -0.15) is 0 Å². The number of hydrogen-bond donors (Lipinski definition) is 12. The van der Waals surface area contributed by atoms with E-state index in [2.05, 4.69) is 41.9 Å². The minimum atomic E-state index is -1.66. The van der Waals surface area contributed by atoms with Crippen LogP contribution < -0.4 is 49.1 Å². The number of nitrogens with zero attached hydrogens (tertiary/aromatic N) is 1. The Bertz CT molecular complexity index is 1570. The van der Waals surface area contributed by atoms with Crippen LogP contribution in [0, 0.1) is 17.8 Å². The Balaban J connectivity index is 3.31. The summed E-state index contributed by atoms with van der Waals surface area (Å²) in [6.07, 6.45) is 2.12. The smallest absolute Gasteiger partial charge is 0.326 e. The minimum Gasteiger partial charge on any atom is -0.481 e. The maximum Gasteiger partial charge on any atom is 0.326 e. The number of carbonyl (C=O) groups excluding carboxylic acids is 7. The standard InChI is InChI=1S/C36H61N11O11/c1-17(2)11-23(45-34(55)28(18(3)4)47-35(56)29(19(5)6)46-30(51)21(38)13-27(49)50)31(52)44-25(14-26(39)48)33(54)43-24(12-20-15-40-16-41-20)32(53)42-22(36(57)58)9-7-8-10-37/h15-19,21-25,28-29H,7-14,37-38H2,1-6H3,(H2,39,48)(H,40,41)(H,42,53)(H,43,54)(H,44,52)(H,45,55)(H,46,51)(H,47,56)(H,49,50)(H,57,58). The molecule has 0 spiro atoms. The monoisotopic (exact) mass is 823 g/mol. The molecule has 0 fully saturated rings. The Morgan fingerprint density at radius 2 is 1.17 bits per heavy atom. The molecule has 7 unspecified atom stereocenters. The number of carboxylic acids is 2. The fourth-order valence-corrected chi connectivity index (χ4v) is 5.62. The first-order valence-corrected chi connectivity index (χ1v) is 19.1. The van der Waals surface area contributed by atoms with Gasteiger partial charge in [0.25, 0.3) is 0 Å². The molecular formula is C36H61N11O11. The van der Waals surface area contributed by atoms with Crippen LogP contribution in [0.15, 0.2) is 12.5 Å². The van der Waals surface area contributed by atoms with Crippen LogP contribution in [-0.4, -0.2) is 122 Å². The summed E-state index contributed by atoms with van der Waals surface area (Å²) < 4.78 is 0. The summed E-state index contributed by atoms with van der Waals surface area (Å²) >= 11 is 0. The molecule has 0 aliphatic rings. The van der Waals surface area contributed by atoms with Crippen molar-refractivity contribution in [3.63, 3.8) is 0 Å². The zero-order valence-electron chi connectivity index (χ0n) is 33.8. The Kier molecular flexibility index (Phi) is 21.6. The quantitative estimate of drug-likeness (QED) is 0.0397. The van der Waals surface area contributed by atoms with Gasteiger partial charge >= 0.3 is 11.9 Å². The average molecular weight is 824 g/mol. The molecule has 0 aliphatic heterocycles. The normalized spacial score (nSPS) is 14.9. The maximum atomic E-state index is 13.8. The van der Waals surface area contributed by atoms with Crippen molar-refractivity contribution in [3.8, 4) is 0 Å². The number of primary amides is 1. The first kappa shape index (κ1) is 50.4. The zero-order valence-corrected chi connectivity index (χ0v) is 33.8. The van der Waals surface area contributed by atoms with Crippen molar-refractivity contribution >= 4 is 53.3 Å². The number of H-pyrrole nitrogens is 1. The molecule has 15 N–H and O–H groups in total. The van der Waals surface area contributed by atoms with Gasteiger partial charge in [0.15, 0.2) is 0 Å². The molecule has 22 heteroatoms. The molecule has 22 nitrogen and oxygen atoms in total. The van der Waals surface area contributed by atoms with Crippen LogP contribution in [0.25, 0.3) is 0 Å². The molecule has 7 amide bonds. The van der Waals surface area contributed by atoms with Crippen molar-refractivity contribution in [2.45, 2.75) is 129 Å². The molecule has 1 aromatic heterocycles. The molecule has 7 atom stereocenters. The van der Waals surface area contributed by atoms with Crippen molar-refractivity contribution in [2.24, 2.45) is 35.0 Å². The average Bonchev–Trinajstić information content (AvgIpc) is 3.63. The summed E-state index contributed by atoms with van der Waals surface area (Å²) in [4.78, 5) is 122. The minimum absolute atomic E-state index is 0.0268. The van der Waals surface area contributed by atoms with Crippen LogP contribution in [0.2, 0.25) is 0 Å². The molecule has 0 aliphatic carbocycles. The van der Waals surface area contributed by atoms with E-state index < -0.39 is 120 Å². The lowest BCUT2D eigenvalue weighted by Gasteiger charge is -2.30. The second kappa shape index (κ2) is 24.9. The number of hydrogen-bond acceptors (Lipinski definition) is 12. The number of aliphatic carboxylic acids is 2. The highest BCUT2D eigenvalue weighted by Gasteiger charge is 2.36. The van der Waals surface area contributed by atoms with Gasteiger partial charge in [-0.3, -0.25) is 38.4 Å². The van der Waals surface area contributed by atoms with Gasteiger partial charge < -0.3 is 64.3 Å². The number of imidazole rings is 1. The molecular weight excluding hydrogens is 762 g/mol. The Morgan fingerprint density at radius 3 is 1.66 bits per heavy atom. The number of nitrogens with one attached hydrogen (secondary N) is 7. The van der Waals surface area contributed by atoms with Crippen LogP contribution in [0.3, 0.4) is 0 Å². The number of nitrogens with two attached hydrogens (primary N) is 3. The Morgan fingerprint density at radius 1 is 0.672 bits per heavy atom. The van der Waals surface area contributed by atoms with Crippen LogP contribution >= 0.6 is 0 Å². The molecule has 0 saturated heterocycles. The predicted molar refractivity (Wildman–Crippen MR) is 208 cm³/mol. The number of aromatic amines is 1. The number of carbonyl (C=O) groups is 9. The number of carboxylic acid groups (broad SMARTS) is 2. The number of unbranched alkanes of at least 4 members (excludes halogenated alkanes) is 1. The van der Waals surface area contributed by atoms with E-state index in [4.69, 9.17) is 22.3 Å². The highest BCUT2D eigenvalue weighted by molar-refractivity contribution is 5.98. The number of aromatic nitrogens is 2. The van der Waals surface area contributed by atoms with Crippen molar-refractivity contribution in [1.29, 1.82) is 0 Å². The topological polar surface area (TPSA) is 373 Å². The van der Waals surface area contributed by atoms with Crippen molar-refractivity contribution < 1.29 is 53.4 Å². The van der Waals surface area contributed by atoms with E-state index in [-0.39, 0.29) is 25.2 Å². The maximum absolute atomic E-state index is 13.8. The van der Waals surface area contributed by atoms with Gasteiger partial charge in [0, 0.05) is 18.3 Å². The Hall–Kier alpha value is -5.64.